The Morgan fingerprint density at radius 1 is 0.964 bits per heavy atom. The van der Waals surface area contributed by atoms with Gasteiger partial charge < -0.3 is 35.6 Å². The van der Waals surface area contributed by atoms with Crippen molar-refractivity contribution in [2.24, 2.45) is 35.3 Å². The molecule has 1 rings (SSSR count). The van der Waals surface area contributed by atoms with E-state index in [0.29, 0.717) is 44.1 Å². The summed E-state index contributed by atoms with van der Waals surface area (Å²) < 4.78 is 11.8. The van der Waals surface area contributed by atoms with E-state index in [1.807, 2.05) is 68.4 Å². The van der Waals surface area contributed by atoms with Gasteiger partial charge >= 0.3 is 5.97 Å². The first kappa shape index (κ1) is 60.9. The number of aliphatic hydroxyl groups excluding tert-OH is 1. The Balaban J connectivity index is -0.00000123. The van der Waals surface area contributed by atoms with E-state index >= 15 is 0 Å². The van der Waals surface area contributed by atoms with E-state index in [1.54, 1.807) is 13.2 Å². The minimum absolute atomic E-state index is 0.00835. The molecule has 0 fully saturated rings. The molecule has 0 saturated heterocycles. The van der Waals surface area contributed by atoms with Crippen molar-refractivity contribution in [3.8, 4) is 12.3 Å². The van der Waals surface area contributed by atoms with Crippen LogP contribution in [0.3, 0.4) is 0 Å². The second kappa shape index (κ2) is 37.5. The summed E-state index contributed by atoms with van der Waals surface area (Å²) in [7, 11) is 1.76. The van der Waals surface area contributed by atoms with Gasteiger partial charge in [0.2, 0.25) is 0 Å². The first-order chi connectivity index (χ1) is 26.4. The number of hydrogen-bond donors (Lipinski definition) is 5. The van der Waals surface area contributed by atoms with Crippen LogP contribution in [0.5, 0.6) is 0 Å². The van der Waals surface area contributed by atoms with Gasteiger partial charge in [0.1, 0.15) is 5.78 Å². The van der Waals surface area contributed by atoms with Gasteiger partial charge in [0.05, 0.1) is 36.9 Å². The number of carboxylic acids is 1. The van der Waals surface area contributed by atoms with Crippen molar-refractivity contribution in [3.63, 3.8) is 0 Å². The average molecular weight is 800 g/mol. The maximum atomic E-state index is 12.9. The molecule has 56 heavy (non-hydrogen) atoms. The molecule has 334 valence electrons. The number of carbonyl (C=O) groups is 2. The smallest absolute Gasteiger partial charge is 0.305 e. The van der Waals surface area contributed by atoms with Crippen LogP contribution in [0.15, 0.2) is 12.2 Å². The largest absolute Gasteiger partial charge is 0.481 e. The summed E-state index contributed by atoms with van der Waals surface area (Å²) in [6, 6.07) is 0. The van der Waals surface area contributed by atoms with Gasteiger partial charge in [0, 0.05) is 25.4 Å². The summed E-state index contributed by atoms with van der Waals surface area (Å²) in [6.45, 7) is 26.9. The number of Topliss-reactive ketones (excluding diaryl/α,β-unsaturated/α-hetero) is 1. The van der Waals surface area contributed by atoms with Crippen molar-refractivity contribution in [1.29, 1.82) is 0 Å². The van der Waals surface area contributed by atoms with E-state index in [4.69, 9.17) is 20.3 Å². The third-order valence-corrected chi connectivity index (χ3v) is 10.6. The number of ketones is 1. The molecule has 8 unspecified atom stereocenters. The summed E-state index contributed by atoms with van der Waals surface area (Å²) in [5.41, 5.74) is 4.02. The lowest BCUT2D eigenvalue weighted by atomic mass is 9.84. The van der Waals surface area contributed by atoms with Gasteiger partial charge in [-0.05, 0) is 95.5 Å². The number of methoxy groups -OCH3 is 1. The van der Waals surface area contributed by atoms with Crippen molar-refractivity contribution >= 4 is 11.8 Å². The fourth-order valence-corrected chi connectivity index (χ4v) is 7.06. The van der Waals surface area contributed by atoms with Crippen molar-refractivity contribution in [3.05, 3.63) is 12.2 Å². The van der Waals surface area contributed by atoms with E-state index in [0.717, 1.165) is 70.6 Å². The highest BCUT2D eigenvalue weighted by molar-refractivity contribution is 5.80. The van der Waals surface area contributed by atoms with Crippen LogP contribution in [-0.4, -0.2) is 75.5 Å². The predicted octanol–water partition coefficient (Wildman–Crippen LogP) is 10.5. The van der Waals surface area contributed by atoms with Gasteiger partial charge in [0.15, 0.2) is 5.79 Å². The second-order valence-electron chi connectivity index (χ2n) is 15.6. The third kappa shape index (κ3) is 31.2. The minimum Gasteiger partial charge on any atom is -0.481 e. The van der Waals surface area contributed by atoms with Gasteiger partial charge in [-0.2, -0.15) is 0 Å². The molecule has 1 heterocycles. The molecule has 6 N–H and O–H groups in total. The van der Waals surface area contributed by atoms with Crippen LogP contribution in [0.25, 0.3) is 0 Å². The number of aliphatic carboxylic acids is 1. The fourth-order valence-electron chi connectivity index (χ4n) is 7.06. The molecule has 0 aromatic rings. The first-order valence-corrected chi connectivity index (χ1v) is 22.3. The molecule has 0 aliphatic carbocycles. The quantitative estimate of drug-likeness (QED) is 0.0326. The third-order valence-electron chi connectivity index (χ3n) is 10.6. The monoisotopic (exact) mass is 800 g/mol. The van der Waals surface area contributed by atoms with Crippen molar-refractivity contribution in [1.82, 2.24) is 0 Å². The highest BCUT2D eigenvalue weighted by atomic mass is 16.6. The number of terminal acetylenes is 1. The van der Waals surface area contributed by atoms with Crippen LogP contribution in [-0.2, 0) is 19.1 Å². The SMILES string of the molecule is C#CCN.CC.CC.CC.CCC(CCC[C@@](C)(O)CCC1CC=CC(O)(C(C)CC(C)CCC(=O)C(C)C[C@H](C)CCCCC(O)CC(=O)O)O1)C(C)OC. The van der Waals surface area contributed by atoms with Crippen LogP contribution < -0.4 is 5.73 Å². The van der Waals surface area contributed by atoms with E-state index < -0.39 is 23.5 Å². The Hall–Kier alpha value is -1.80. The number of hydrogen-bond acceptors (Lipinski definition) is 8. The molecular weight excluding hydrogens is 707 g/mol. The van der Waals surface area contributed by atoms with Gasteiger partial charge in [0.25, 0.3) is 0 Å². The lowest BCUT2D eigenvalue weighted by molar-refractivity contribution is -0.234. The van der Waals surface area contributed by atoms with Crippen molar-refractivity contribution in [2.75, 3.05) is 13.7 Å². The normalized spacial score (nSPS) is 20.7. The standard InChI is InChI=1S/C38H70O8.C3H5N.3C2H6/c1-9-32(31(6)45-8)15-12-21-37(7,43)23-20-34-17-13-22-38(44,46-34)30(5)25-28(3)18-19-35(40)29(4)24-27(2)14-10-11-16-33(39)26-36(41)42;1-2-3-4;3*1-2/h13,22,27-34,39,43-44H,9-12,14-21,23-26H2,1-8H3,(H,41,42);1H,3-4H2;3*1-2H3/t27-,28?,29?,30?,31?,32?,33?,34?,37-,38?;;;;/m1..../s1. The highest BCUT2D eigenvalue weighted by Crippen LogP contribution is 2.35. The number of ether oxygens (including phenoxy) is 2. The van der Waals surface area contributed by atoms with Gasteiger partial charge in [-0.25, -0.2) is 0 Å². The van der Waals surface area contributed by atoms with Gasteiger partial charge in [-0.15, -0.1) is 6.42 Å². The molecule has 0 bridgehead atoms. The molecule has 9 nitrogen and oxygen atoms in total. The molecule has 10 atom stereocenters. The maximum Gasteiger partial charge on any atom is 0.305 e. The van der Waals surface area contributed by atoms with Crippen molar-refractivity contribution in [2.45, 2.75) is 222 Å². The van der Waals surface area contributed by atoms with Gasteiger partial charge in [-0.3, -0.25) is 9.59 Å². The maximum absolute atomic E-state index is 12.9. The molecule has 1 aliphatic rings. The number of carbonyl (C=O) groups excluding carboxylic acids is 1. The molecule has 0 aromatic carbocycles. The van der Waals surface area contributed by atoms with E-state index in [2.05, 4.69) is 40.0 Å². The van der Waals surface area contributed by atoms with Crippen LogP contribution in [0.1, 0.15) is 193 Å². The fraction of sp³-hybridized carbons (Fsp3) is 0.872. The Morgan fingerprint density at radius 2 is 1.52 bits per heavy atom. The number of carboxylic acid groups (broad SMARTS) is 1. The molecular formula is C47H93NO8. The zero-order valence-corrected chi connectivity index (χ0v) is 38.9. The second-order valence-corrected chi connectivity index (χ2v) is 15.6. The van der Waals surface area contributed by atoms with Crippen LogP contribution >= 0.6 is 0 Å². The van der Waals surface area contributed by atoms with Crippen molar-refractivity contribution < 1.29 is 39.5 Å². The zero-order valence-electron chi connectivity index (χ0n) is 38.9. The van der Waals surface area contributed by atoms with Gasteiger partial charge in [-0.1, -0.05) is 120 Å². The van der Waals surface area contributed by atoms with E-state index in [9.17, 15) is 24.9 Å². The lowest BCUT2D eigenvalue weighted by Crippen LogP contribution is -2.44. The van der Waals surface area contributed by atoms with Crippen LogP contribution in [0.4, 0.5) is 0 Å². The number of unbranched alkanes of at least 4 members (excludes halogenated alkanes) is 1. The summed E-state index contributed by atoms with van der Waals surface area (Å²) in [6.07, 6.45) is 19.4. The molecule has 0 spiro atoms. The summed E-state index contributed by atoms with van der Waals surface area (Å²) in [4.78, 5) is 23.6. The van der Waals surface area contributed by atoms with Crippen LogP contribution in [0, 0.1) is 41.9 Å². The number of nitrogens with two attached hydrogens (primary N) is 1. The van der Waals surface area contributed by atoms with Crippen LogP contribution in [0.2, 0.25) is 0 Å². The first-order valence-electron chi connectivity index (χ1n) is 22.3. The minimum atomic E-state index is -1.34. The summed E-state index contributed by atoms with van der Waals surface area (Å²) in [5, 5.41) is 40.9. The summed E-state index contributed by atoms with van der Waals surface area (Å²) in [5.74, 6) is 1.19. The Bertz CT molecular complexity index is 995. The molecule has 9 heteroatoms. The average Bonchev–Trinajstić information content (AvgIpc) is 3.18. The lowest BCUT2D eigenvalue weighted by Gasteiger charge is -2.39. The number of aliphatic hydroxyl groups is 3. The molecule has 0 aromatic heterocycles. The molecule has 0 saturated carbocycles. The number of rotatable bonds is 26. The Labute approximate surface area is 346 Å². The topological polar surface area (TPSA) is 160 Å². The molecule has 0 amide bonds. The summed E-state index contributed by atoms with van der Waals surface area (Å²) >= 11 is 0. The Morgan fingerprint density at radius 3 is 2.04 bits per heavy atom. The van der Waals surface area contributed by atoms with E-state index in [1.165, 1.54) is 0 Å². The predicted molar refractivity (Wildman–Crippen MR) is 236 cm³/mol. The highest BCUT2D eigenvalue weighted by Gasteiger charge is 2.38. The Kier molecular flexibility index (Phi) is 40.7. The molecule has 0 radical (unpaired) electrons. The zero-order chi connectivity index (χ0) is 44.3. The van der Waals surface area contributed by atoms with E-state index in [-0.39, 0.29) is 42.2 Å². The molecule has 1 aliphatic heterocycles.